The van der Waals surface area contributed by atoms with E-state index in [0.29, 0.717) is 22.9 Å². The third kappa shape index (κ3) is 2.56. The first kappa shape index (κ1) is 13.8. The van der Waals surface area contributed by atoms with Crippen LogP contribution < -0.4 is 10.5 Å². The lowest BCUT2D eigenvalue weighted by atomic mass is 9.75. The molecule has 0 aliphatic heterocycles. The number of ether oxygens (including phenoxy) is 1. The lowest BCUT2D eigenvalue weighted by Gasteiger charge is -2.43. The van der Waals surface area contributed by atoms with Gasteiger partial charge in [-0.05, 0) is 32.1 Å². The molecule has 0 spiro atoms. The van der Waals surface area contributed by atoms with Crippen molar-refractivity contribution in [2.45, 2.75) is 31.4 Å². The average molecular weight is 278 g/mol. The van der Waals surface area contributed by atoms with Crippen LogP contribution in [0, 0.1) is 0 Å². The third-order valence-electron chi connectivity index (χ3n) is 3.55. The Kier molecular flexibility index (Phi) is 3.50. The Morgan fingerprint density at radius 3 is 2.53 bits per heavy atom. The number of benzene rings is 1. The van der Waals surface area contributed by atoms with Gasteiger partial charge < -0.3 is 16.0 Å². The lowest BCUT2D eigenvalue weighted by Crippen LogP contribution is -2.62. The summed E-state index contributed by atoms with van der Waals surface area (Å²) >= 11 is 6.03. The van der Waals surface area contributed by atoms with E-state index in [2.05, 4.69) is 4.79 Å². The van der Waals surface area contributed by atoms with Crippen LogP contribution >= 0.6 is 11.6 Å². The highest BCUT2D eigenvalue weighted by Crippen LogP contribution is 2.37. The summed E-state index contributed by atoms with van der Waals surface area (Å²) in [6.45, 7) is 3.72. The maximum Gasteiger partial charge on any atom is 0.314 e. The van der Waals surface area contributed by atoms with E-state index in [1.807, 2.05) is 44.2 Å². The molecule has 19 heavy (non-hydrogen) atoms. The molecular formula is C14H16ClN3O. The summed E-state index contributed by atoms with van der Waals surface area (Å²) in [6.07, 6.45) is 2.00. The summed E-state index contributed by atoms with van der Waals surface area (Å²) in [4.78, 5) is 3.21. The average Bonchev–Trinajstić information content (AvgIpc) is 2.35. The zero-order chi connectivity index (χ0) is 14.1. The predicted molar refractivity (Wildman–Crippen MR) is 75.2 cm³/mol. The Morgan fingerprint density at radius 2 is 1.95 bits per heavy atom. The normalized spacial score (nSPS) is 30.5. The molecule has 1 aliphatic rings. The highest BCUT2D eigenvalue weighted by molar-refractivity contribution is 6.43. The fourth-order valence-electron chi connectivity index (χ4n) is 2.07. The van der Waals surface area contributed by atoms with Gasteiger partial charge in [-0.25, -0.2) is 0 Å². The van der Waals surface area contributed by atoms with Crippen molar-refractivity contribution in [1.29, 1.82) is 0 Å². The number of para-hydroxylation sites is 1. The van der Waals surface area contributed by atoms with E-state index in [1.165, 1.54) is 0 Å². The number of rotatable bonds is 2. The molecule has 0 fully saturated rings. The summed E-state index contributed by atoms with van der Waals surface area (Å²) in [5.41, 5.74) is 14.2. The molecule has 0 radical (unpaired) electrons. The number of halogens is 1. The Hall–Kier alpha value is -1.61. The van der Waals surface area contributed by atoms with Crippen LogP contribution in [0.5, 0.6) is 5.75 Å². The first-order valence-electron chi connectivity index (χ1n) is 6.00. The van der Waals surface area contributed by atoms with E-state index in [1.54, 1.807) is 6.08 Å². The molecule has 1 aromatic carbocycles. The van der Waals surface area contributed by atoms with E-state index < -0.39 is 11.1 Å². The molecule has 0 saturated heterocycles. The van der Waals surface area contributed by atoms with Crippen LogP contribution in [-0.2, 0) is 0 Å². The minimum absolute atomic E-state index is 0.334. The topological polar surface area (TPSA) is 71.7 Å². The molecule has 1 aliphatic carbocycles. The summed E-state index contributed by atoms with van der Waals surface area (Å²) in [6, 6.07) is 9.40. The van der Waals surface area contributed by atoms with Crippen LogP contribution in [0.3, 0.4) is 0 Å². The summed E-state index contributed by atoms with van der Waals surface area (Å²) < 4.78 is 6.02. The lowest BCUT2D eigenvalue weighted by molar-refractivity contribution is -0.0250. The minimum Gasteiger partial charge on any atom is -0.485 e. The third-order valence-corrected chi connectivity index (χ3v) is 3.88. The van der Waals surface area contributed by atoms with Gasteiger partial charge in [0, 0.05) is 0 Å². The van der Waals surface area contributed by atoms with Gasteiger partial charge in [0.25, 0.3) is 0 Å². The predicted octanol–water partition coefficient (Wildman–Crippen LogP) is 2.74. The van der Waals surface area contributed by atoms with E-state index in [9.17, 15) is 0 Å². The number of nitrogens with two attached hydrogens (primary N) is 1. The highest BCUT2D eigenvalue weighted by atomic mass is 35.5. The first-order chi connectivity index (χ1) is 8.88. The van der Waals surface area contributed by atoms with Gasteiger partial charge in [0.2, 0.25) is 0 Å². The maximum absolute atomic E-state index is 9.00. The second-order valence-electron chi connectivity index (χ2n) is 5.14. The van der Waals surface area contributed by atoms with E-state index in [-0.39, 0.29) is 0 Å². The van der Waals surface area contributed by atoms with Crippen LogP contribution in [0.1, 0.15) is 20.3 Å². The number of allylic oxidation sites excluding steroid dienone is 1. The molecule has 0 saturated carbocycles. The molecule has 2 atom stereocenters. The van der Waals surface area contributed by atoms with Gasteiger partial charge in [-0.1, -0.05) is 29.8 Å². The van der Waals surface area contributed by atoms with Crippen molar-refractivity contribution in [3.63, 3.8) is 0 Å². The van der Waals surface area contributed by atoms with Crippen molar-refractivity contribution in [3.8, 4) is 5.75 Å². The van der Waals surface area contributed by atoms with Gasteiger partial charge in [-0.2, -0.15) is 4.79 Å². The SMILES string of the molecule is CC1(N)C=C(Cl)C(=[N+]=[N-])CC1(C)Oc1ccccc1. The molecule has 2 N–H and O–H groups in total. The van der Waals surface area contributed by atoms with Gasteiger partial charge in [-0.15, -0.1) is 0 Å². The van der Waals surface area contributed by atoms with E-state index in [0.717, 1.165) is 0 Å². The van der Waals surface area contributed by atoms with Crippen LogP contribution in [0.4, 0.5) is 0 Å². The Morgan fingerprint density at radius 1 is 1.32 bits per heavy atom. The van der Waals surface area contributed by atoms with Crippen LogP contribution in [-0.4, -0.2) is 21.6 Å². The Bertz CT molecular complexity index is 561. The van der Waals surface area contributed by atoms with Gasteiger partial charge in [0.05, 0.1) is 12.0 Å². The van der Waals surface area contributed by atoms with Gasteiger partial charge in [-0.3, -0.25) is 0 Å². The van der Waals surface area contributed by atoms with Gasteiger partial charge in [0.1, 0.15) is 16.4 Å². The van der Waals surface area contributed by atoms with Crippen LogP contribution in [0.15, 0.2) is 41.4 Å². The summed E-state index contributed by atoms with van der Waals surface area (Å²) in [5, 5.41) is 0.363. The van der Waals surface area contributed by atoms with Crippen molar-refractivity contribution in [3.05, 3.63) is 47.0 Å². The fraction of sp³-hybridized carbons (Fsp3) is 0.357. The molecule has 0 heterocycles. The standard InChI is InChI=1S/C14H16ClN3O/c1-13(16)8-11(15)12(18-17)9-14(13,2)19-10-6-4-3-5-7-10/h3-8H,9,16H2,1-2H3. The molecule has 4 nitrogen and oxygen atoms in total. The zero-order valence-corrected chi connectivity index (χ0v) is 11.7. The van der Waals surface area contributed by atoms with Crippen molar-refractivity contribution in [1.82, 2.24) is 0 Å². The summed E-state index contributed by atoms with van der Waals surface area (Å²) in [7, 11) is 0. The Labute approximate surface area is 117 Å². The Balaban J connectivity index is 2.39. The molecule has 1 aromatic rings. The smallest absolute Gasteiger partial charge is 0.314 e. The molecule has 2 unspecified atom stereocenters. The monoisotopic (exact) mass is 277 g/mol. The molecule has 100 valence electrons. The van der Waals surface area contributed by atoms with Crippen LogP contribution in [0.2, 0.25) is 0 Å². The van der Waals surface area contributed by atoms with E-state index >= 15 is 0 Å². The maximum atomic E-state index is 9.00. The molecule has 0 amide bonds. The second kappa shape index (κ2) is 4.82. The van der Waals surface area contributed by atoms with Gasteiger partial charge in [0.15, 0.2) is 0 Å². The molecule has 5 heteroatoms. The number of hydrogen-bond acceptors (Lipinski definition) is 2. The molecule has 0 bridgehead atoms. The largest absolute Gasteiger partial charge is 0.485 e. The second-order valence-corrected chi connectivity index (χ2v) is 5.55. The first-order valence-corrected chi connectivity index (χ1v) is 6.38. The van der Waals surface area contributed by atoms with E-state index in [4.69, 9.17) is 27.6 Å². The van der Waals surface area contributed by atoms with Crippen molar-refractivity contribution >= 4 is 17.3 Å². The molecular weight excluding hydrogens is 262 g/mol. The molecule has 2 rings (SSSR count). The van der Waals surface area contributed by atoms with Gasteiger partial charge >= 0.3 is 5.71 Å². The van der Waals surface area contributed by atoms with Crippen molar-refractivity contribution in [2.24, 2.45) is 5.73 Å². The molecule has 0 aromatic heterocycles. The number of hydrogen-bond donors (Lipinski definition) is 1. The van der Waals surface area contributed by atoms with Crippen LogP contribution in [0.25, 0.3) is 5.53 Å². The fourth-order valence-corrected chi connectivity index (χ4v) is 2.40. The minimum atomic E-state index is -0.770. The zero-order valence-electron chi connectivity index (χ0n) is 10.9. The quantitative estimate of drug-likeness (QED) is 0.667. The van der Waals surface area contributed by atoms with Crippen molar-refractivity contribution < 1.29 is 9.53 Å². The van der Waals surface area contributed by atoms with Crippen molar-refractivity contribution in [2.75, 3.05) is 0 Å². The summed E-state index contributed by atoms with van der Waals surface area (Å²) in [5.74, 6) is 0.713. The highest BCUT2D eigenvalue weighted by Gasteiger charge is 2.50. The number of nitrogens with zero attached hydrogens (tertiary/aromatic N) is 2.